The standard InChI is InChI=1S/C12H17N3O3/c1-2-5-12(8-16)6-3-10(18-12)15-7-4-9(13)14-11(15)17/h2,4-5,7,10,16H,3,6,8H2,1H3,(H2,13,14,17)/b5-2-/t10-,12+/m1/s1. The molecule has 1 fully saturated rings. The molecular formula is C12H17N3O3. The van der Waals surface area contributed by atoms with E-state index in [0.717, 1.165) is 0 Å². The van der Waals surface area contributed by atoms with Crippen LogP contribution >= 0.6 is 0 Å². The number of ether oxygens (including phenoxy) is 1. The molecule has 1 aliphatic rings. The number of nitrogens with two attached hydrogens (primary N) is 1. The lowest BCUT2D eigenvalue weighted by molar-refractivity contribution is -0.0706. The van der Waals surface area contributed by atoms with E-state index in [0.29, 0.717) is 12.8 Å². The summed E-state index contributed by atoms with van der Waals surface area (Å²) in [6.45, 7) is 1.76. The first-order valence-electron chi connectivity index (χ1n) is 5.87. The van der Waals surface area contributed by atoms with Crippen molar-refractivity contribution in [3.8, 4) is 0 Å². The van der Waals surface area contributed by atoms with Crippen LogP contribution in [0.15, 0.2) is 29.2 Å². The minimum Gasteiger partial charge on any atom is -0.393 e. The predicted octanol–water partition coefficient (Wildman–Crippen LogP) is 0.442. The highest BCUT2D eigenvalue weighted by Crippen LogP contribution is 2.36. The molecule has 0 spiro atoms. The molecular weight excluding hydrogens is 234 g/mol. The molecule has 0 aliphatic carbocycles. The fraction of sp³-hybridized carbons (Fsp3) is 0.500. The number of aromatic nitrogens is 2. The van der Waals surface area contributed by atoms with Crippen LogP contribution < -0.4 is 11.4 Å². The van der Waals surface area contributed by atoms with E-state index in [1.807, 2.05) is 19.1 Å². The zero-order valence-electron chi connectivity index (χ0n) is 10.2. The molecule has 0 aromatic carbocycles. The van der Waals surface area contributed by atoms with Gasteiger partial charge in [-0.1, -0.05) is 12.2 Å². The Bertz CT molecular complexity index is 512. The Hall–Kier alpha value is -1.66. The molecule has 0 radical (unpaired) electrons. The van der Waals surface area contributed by atoms with E-state index in [1.54, 1.807) is 12.3 Å². The van der Waals surface area contributed by atoms with Crippen LogP contribution in [0.25, 0.3) is 0 Å². The van der Waals surface area contributed by atoms with Crippen LogP contribution in [0, 0.1) is 0 Å². The van der Waals surface area contributed by atoms with Gasteiger partial charge >= 0.3 is 5.69 Å². The van der Waals surface area contributed by atoms with Gasteiger partial charge in [-0.3, -0.25) is 4.57 Å². The number of nitrogen functional groups attached to an aromatic ring is 1. The number of hydrogen-bond donors (Lipinski definition) is 2. The van der Waals surface area contributed by atoms with E-state index in [1.165, 1.54) is 4.57 Å². The quantitative estimate of drug-likeness (QED) is 0.761. The lowest BCUT2D eigenvalue weighted by Crippen LogP contribution is -2.33. The Kier molecular flexibility index (Phi) is 3.49. The van der Waals surface area contributed by atoms with E-state index in [2.05, 4.69) is 4.98 Å². The molecule has 1 aromatic heterocycles. The average Bonchev–Trinajstić information content (AvgIpc) is 2.74. The van der Waals surface area contributed by atoms with E-state index >= 15 is 0 Å². The van der Waals surface area contributed by atoms with Gasteiger partial charge in [-0.05, 0) is 25.8 Å². The number of rotatable bonds is 3. The maximum absolute atomic E-state index is 11.7. The number of aliphatic hydroxyl groups excluding tert-OH is 1. The molecule has 6 nitrogen and oxygen atoms in total. The minimum atomic E-state index is -0.694. The van der Waals surface area contributed by atoms with Crippen LogP contribution in [-0.4, -0.2) is 26.9 Å². The van der Waals surface area contributed by atoms with Crippen molar-refractivity contribution in [1.29, 1.82) is 0 Å². The summed E-state index contributed by atoms with van der Waals surface area (Å²) >= 11 is 0. The molecule has 1 aromatic rings. The lowest BCUT2D eigenvalue weighted by Gasteiger charge is -2.23. The second-order valence-electron chi connectivity index (χ2n) is 4.38. The maximum Gasteiger partial charge on any atom is 0.351 e. The molecule has 2 rings (SSSR count). The van der Waals surface area contributed by atoms with Crippen molar-refractivity contribution < 1.29 is 9.84 Å². The largest absolute Gasteiger partial charge is 0.393 e. The first-order valence-corrected chi connectivity index (χ1v) is 5.87. The van der Waals surface area contributed by atoms with Gasteiger partial charge in [-0.2, -0.15) is 4.98 Å². The third-order valence-electron chi connectivity index (χ3n) is 3.09. The molecule has 1 saturated heterocycles. The number of nitrogens with zero attached hydrogens (tertiary/aromatic N) is 2. The van der Waals surface area contributed by atoms with Crippen LogP contribution in [0.5, 0.6) is 0 Å². The first-order chi connectivity index (χ1) is 8.60. The maximum atomic E-state index is 11.7. The van der Waals surface area contributed by atoms with E-state index in [4.69, 9.17) is 10.5 Å². The Morgan fingerprint density at radius 1 is 1.78 bits per heavy atom. The van der Waals surface area contributed by atoms with Gasteiger partial charge in [0.2, 0.25) is 0 Å². The van der Waals surface area contributed by atoms with Crippen molar-refractivity contribution in [2.45, 2.75) is 31.6 Å². The predicted molar refractivity (Wildman–Crippen MR) is 66.9 cm³/mol. The zero-order valence-corrected chi connectivity index (χ0v) is 10.2. The van der Waals surface area contributed by atoms with Crippen LogP contribution in [0.4, 0.5) is 5.82 Å². The van der Waals surface area contributed by atoms with Crippen molar-refractivity contribution in [2.24, 2.45) is 0 Å². The normalized spacial score (nSPS) is 28.0. The Morgan fingerprint density at radius 2 is 2.56 bits per heavy atom. The fourth-order valence-corrected chi connectivity index (χ4v) is 2.19. The number of aliphatic hydroxyl groups is 1. The second kappa shape index (κ2) is 4.91. The van der Waals surface area contributed by atoms with Crippen molar-refractivity contribution in [3.05, 3.63) is 34.9 Å². The fourth-order valence-electron chi connectivity index (χ4n) is 2.19. The number of anilines is 1. The molecule has 2 atom stereocenters. The number of hydrogen-bond acceptors (Lipinski definition) is 5. The molecule has 6 heteroatoms. The van der Waals surface area contributed by atoms with Gasteiger partial charge in [0.1, 0.15) is 17.6 Å². The van der Waals surface area contributed by atoms with Gasteiger partial charge in [0.15, 0.2) is 0 Å². The smallest absolute Gasteiger partial charge is 0.351 e. The van der Waals surface area contributed by atoms with Crippen LogP contribution in [0.1, 0.15) is 26.0 Å². The topological polar surface area (TPSA) is 90.4 Å². The average molecular weight is 251 g/mol. The first kappa shape index (κ1) is 12.8. The van der Waals surface area contributed by atoms with E-state index < -0.39 is 17.5 Å². The molecule has 0 bridgehead atoms. The summed E-state index contributed by atoms with van der Waals surface area (Å²) in [4.78, 5) is 15.4. The summed E-state index contributed by atoms with van der Waals surface area (Å²) in [7, 11) is 0. The molecule has 0 unspecified atom stereocenters. The highest BCUT2D eigenvalue weighted by atomic mass is 16.5. The Morgan fingerprint density at radius 3 is 3.17 bits per heavy atom. The highest BCUT2D eigenvalue weighted by molar-refractivity contribution is 5.23. The van der Waals surface area contributed by atoms with Crippen LogP contribution in [0.3, 0.4) is 0 Å². The molecule has 1 aliphatic heterocycles. The third-order valence-corrected chi connectivity index (χ3v) is 3.09. The molecule has 3 N–H and O–H groups in total. The summed E-state index contributed by atoms with van der Waals surface area (Å²) in [5.41, 5.74) is 4.31. The second-order valence-corrected chi connectivity index (χ2v) is 4.38. The zero-order chi connectivity index (χ0) is 13.2. The van der Waals surface area contributed by atoms with Crippen LogP contribution in [0.2, 0.25) is 0 Å². The van der Waals surface area contributed by atoms with Crippen molar-refractivity contribution in [3.63, 3.8) is 0 Å². The van der Waals surface area contributed by atoms with E-state index in [9.17, 15) is 9.90 Å². The van der Waals surface area contributed by atoms with Gasteiger partial charge < -0.3 is 15.6 Å². The SMILES string of the molecule is C/C=C\[C@@]1(CO)CC[C@H](n2ccc(N)nc2=O)O1. The molecule has 0 saturated carbocycles. The molecule has 0 amide bonds. The van der Waals surface area contributed by atoms with Crippen molar-refractivity contribution in [2.75, 3.05) is 12.3 Å². The molecule has 98 valence electrons. The van der Waals surface area contributed by atoms with E-state index in [-0.39, 0.29) is 12.4 Å². The monoisotopic (exact) mass is 251 g/mol. The Balaban J connectivity index is 2.25. The van der Waals surface area contributed by atoms with Gasteiger partial charge in [0.05, 0.1) is 6.61 Å². The highest BCUT2D eigenvalue weighted by Gasteiger charge is 2.38. The lowest BCUT2D eigenvalue weighted by atomic mass is 10.0. The van der Waals surface area contributed by atoms with Gasteiger partial charge in [0.25, 0.3) is 0 Å². The van der Waals surface area contributed by atoms with Gasteiger partial charge in [-0.15, -0.1) is 0 Å². The number of allylic oxidation sites excluding steroid dienone is 1. The van der Waals surface area contributed by atoms with Crippen LogP contribution in [-0.2, 0) is 4.74 Å². The Labute approximate surface area is 105 Å². The van der Waals surface area contributed by atoms with Crippen molar-refractivity contribution >= 4 is 5.82 Å². The molecule has 18 heavy (non-hydrogen) atoms. The van der Waals surface area contributed by atoms with Gasteiger partial charge in [-0.25, -0.2) is 4.79 Å². The summed E-state index contributed by atoms with van der Waals surface area (Å²) < 4.78 is 7.19. The third kappa shape index (κ3) is 2.30. The summed E-state index contributed by atoms with van der Waals surface area (Å²) in [6, 6.07) is 1.55. The van der Waals surface area contributed by atoms with Crippen molar-refractivity contribution in [1.82, 2.24) is 9.55 Å². The summed E-state index contributed by atoms with van der Waals surface area (Å²) in [5.74, 6) is 0.191. The summed E-state index contributed by atoms with van der Waals surface area (Å²) in [5, 5.41) is 9.43. The van der Waals surface area contributed by atoms with Gasteiger partial charge in [0, 0.05) is 6.20 Å². The summed E-state index contributed by atoms with van der Waals surface area (Å²) in [6.07, 6.45) is 6.13. The molecule has 2 heterocycles. The minimum absolute atomic E-state index is 0.106.